The van der Waals surface area contributed by atoms with E-state index in [1.807, 2.05) is 0 Å². The van der Waals surface area contributed by atoms with Crippen LogP contribution in [0.1, 0.15) is 45.4 Å². The largest absolute Gasteiger partial charge is 0.420 e. The Morgan fingerprint density at radius 2 is 1.90 bits per heavy atom. The molecule has 2 fully saturated rings. The molecule has 1 saturated heterocycles. The lowest BCUT2D eigenvalue weighted by Gasteiger charge is -2.29. The Balaban J connectivity index is 1.55. The molecule has 1 saturated carbocycles. The average molecular weight is 422 g/mol. The number of nitrogens with one attached hydrogen (secondary N) is 1. The van der Waals surface area contributed by atoms with E-state index in [2.05, 4.69) is 12.2 Å². The molecule has 0 bridgehead atoms. The van der Waals surface area contributed by atoms with Crippen molar-refractivity contribution in [2.45, 2.75) is 62.9 Å². The topological polar surface area (TPSA) is 102 Å². The third-order valence-corrected chi connectivity index (χ3v) is 8.00. The van der Waals surface area contributed by atoms with E-state index in [4.69, 9.17) is 4.42 Å². The summed E-state index contributed by atoms with van der Waals surface area (Å²) in [6, 6.07) is 4.52. The number of carbonyl (C=O) groups excluding carboxylic acids is 1. The van der Waals surface area contributed by atoms with Gasteiger partial charge in [0.1, 0.15) is 6.54 Å². The predicted octanol–water partition coefficient (Wildman–Crippen LogP) is 2.07. The van der Waals surface area contributed by atoms with Gasteiger partial charge in [-0.25, -0.2) is 13.2 Å². The van der Waals surface area contributed by atoms with Gasteiger partial charge in [0.15, 0.2) is 5.58 Å². The first-order valence-electron chi connectivity index (χ1n) is 10.3. The second-order valence-electron chi connectivity index (χ2n) is 8.13. The van der Waals surface area contributed by atoms with Gasteiger partial charge in [-0.1, -0.05) is 19.8 Å². The van der Waals surface area contributed by atoms with Gasteiger partial charge in [-0.3, -0.25) is 9.36 Å². The van der Waals surface area contributed by atoms with Gasteiger partial charge >= 0.3 is 5.76 Å². The van der Waals surface area contributed by atoms with Gasteiger partial charge in [0.05, 0.1) is 10.4 Å². The van der Waals surface area contributed by atoms with E-state index < -0.39 is 15.8 Å². The number of sulfonamides is 1. The Kier molecular flexibility index (Phi) is 5.52. The zero-order valence-corrected chi connectivity index (χ0v) is 17.4. The molecule has 1 N–H and O–H groups in total. The number of aromatic nitrogens is 1. The fraction of sp³-hybridized carbons (Fsp3) is 0.600. The SMILES string of the molecule is C[C@H]1CCCC[C@@H]1NC(=O)Cn1c(=O)oc2cc(S(=O)(=O)N3CCCC3)ccc21. The smallest absolute Gasteiger partial charge is 0.408 e. The number of nitrogens with zero attached hydrogens (tertiary/aromatic N) is 2. The number of oxazole rings is 1. The number of rotatable bonds is 5. The quantitative estimate of drug-likeness (QED) is 0.796. The summed E-state index contributed by atoms with van der Waals surface area (Å²) in [6.07, 6.45) is 6.02. The minimum Gasteiger partial charge on any atom is -0.408 e. The lowest BCUT2D eigenvalue weighted by molar-refractivity contribution is -0.123. The van der Waals surface area contributed by atoms with E-state index in [9.17, 15) is 18.0 Å². The van der Waals surface area contributed by atoms with Crippen molar-refractivity contribution in [1.82, 2.24) is 14.2 Å². The van der Waals surface area contributed by atoms with Gasteiger partial charge in [-0.2, -0.15) is 4.31 Å². The van der Waals surface area contributed by atoms with Crippen molar-refractivity contribution in [3.05, 3.63) is 28.7 Å². The van der Waals surface area contributed by atoms with Gasteiger partial charge < -0.3 is 9.73 Å². The number of fused-ring (bicyclic) bond motifs is 1. The molecule has 2 atom stereocenters. The predicted molar refractivity (Wildman–Crippen MR) is 108 cm³/mol. The van der Waals surface area contributed by atoms with Crippen molar-refractivity contribution >= 4 is 27.0 Å². The number of carbonyl (C=O) groups is 1. The van der Waals surface area contributed by atoms with Crippen molar-refractivity contribution in [3.8, 4) is 0 Å². The summed E-state index contributed by atoms with van der Waals surface area (Å²) in [4.78, 5) is 24.9. The Morgan fingerprint density at radius 1 is 1.17 bits per heavy atom. The zero-order chi connectivity index (χ0) is 20.6. The Morgan fingerprint density at radius 3 is 2.62 bits per heavy atom. The van der Waals surface area contributed by atoms with E-state index in [0.29, 0.717) is 24.5 Å². The summed E-state index contributed by atoms with van der Waals surface area (Å²) in [5.41, 5.74) is 0.594. The van der Waals surface area contributed by atoms with Crippen molar-refractivity contribution in [1.29, 1.82) is 0 Å². The molecule has 2 aliphatic rings. The fourth-order valence-corrected chi connectivity index (χ4v) is 5.89. The van der Waals surface area contributed by atoms with E-state index in [1.165, 1.54) is 27.4 Å². The van der Waals surface area contributed by atoms with Crippen LogP contribution in [0.4, 0.5) is 0 Å². The first kappa shape index (κ1) is 20.2. The molecule has 8 nitrogen and oxygen atoms in total. The maximum Gasteiger partial charge on any atom is 0.420 e. The lowest BCUT2D eigenvalue weighted by atomic mass is 9.86. The van der Waals surface area contributed by atoms with E-state index in [1.54, 1.807) is 6.07 Å². The second kappa shape index (κ2) is 7.95. The standard InChI is InChI=1S/C20H27N3O5S/c1-14-6-2-3-7-16(14)21-19(24)13-23-17-9-8-15(12-18(17)28-20(23)25)29(26,27)22-10-4-5-11-22/h8-9,12,14,16H,2-7,10-11,13H2,1H3,(H,21,24)/t14-,16-/m0/s1. The normalized spacial score (nSPS) is 23.5. The van der Waals surface area contributed by atoms with Gasteiger partial charge in [-0.15, -0.1) is 0 Å². The summed E-state index contributed by atoms with van der Waals surface area (Å²) in [7, 11) is -3.60. The van der Waals surface area contributed by atoms with Crippen molar-refractivity contribution in [2.75, 3.05) is 13.1 Å². The Labute approximate surface area is 169 Å². The van der Waals surface area contributed by atoms with Crippen LogP contribution in [0.5, 0.6) is 0 Å². The van der Waals surface area contributed by atoms with Crippen LogP contribution in [0.15, 0.2) is 32.3 Å². The third-order valence-electron chi connectivity index (χ3n) is 6.10. The molecular weight excluding hydrogens is 394 g/mol. The van der Waals surface area contributed by atoms with E-state index in [-0.39, 0.29) is 29.0 Å². The van der Waals surface area contributed by atoms with Crippen LogP contribution in [-0.2, 0) is 21.4 Å². The highest BCUT2D eigenvalue weighted by molar-refractivity contribution is 7.89. The summed E-state index contributed by atoms with van der Waals surface area (Å²) < 4.78 is 33.4. The molecule has 2 aromatic rings. The van der Waals surface area contributed by atoms with Crippen LogP contribution in [0.3, 0.4) is 0 Å². The molecule has 1 aromatic carbocycles. The molecule has 1 aliphatic heterocycles. The Hall–Kier alpha value is -2.13. The summed E-state index contributed by atoms with van der Waals surface area (Å²) >= 11 is 0. The molecule has 0 radical (unpaired) electrons. The van der Waals surface area contributed by atoms with Crippen molar-refractivity contribution < 1.29 is 17.6 Å². The van der Waals surface area contributed by atoms with Crippen LogP contribution in [0.25, 0.3) is 11.1 Å². The molecule has 1 aromatic heterocycles. The van der Waals surface area contributed by atoms with Crippen LogP contribution < -0.4 is 11.1 Å². The second-order valence-corrected chi connectivity index (χ2v) is 10.1. The highest BCUT2D eigenvalue weighted by Crippen LogP contribution is 2.25. The highest BCUT2D eigenvalue weighted by Gasteiger charge is 2.28. The van der Waals surface area contributed by atoms with Gasteiger partial charge in [0.2, 0.25) is 15.9 Å². The minimum absolute atomic E-state index is 0.105. The number of hydrogen-bond donors (Lipinski definition) is 1. The number of amides is 1. The maximum atomic E-state index is 12.7. The molecule has 1 amide bonds. The molecule has 4 rings (SSSR count). The monoisotopic (exact) mass is 421 g/mol. The molecule has 0 spiro atoms. The highest BCUT2D eigenvalue weighted by atomic mass is 32.2. The van der Waals surface area contributed by atoms with Crippen LogP contribution >= 0.6 is 0 Å². The number of hydrogen-bond acceptors (Lipinski definition) is 5. The summed E-state index contributed by atoms with van der Waals surface area (Å²) in [5.74, 6) is -0.478. The molecular formula is C20H27N3O5S. The molecule has 9 heteroatoms. The minimum atomic E-state index is -3.60. The zero-order valence-electron chi connectivity index (χ0n) is 16.6. The molecule has 2 heterocycles. The first-order valence-corrected chi connectivity index (χ1v) is 11.7. The lowest BCUT2D eigenvalue weighted by Crippen LogP contribution is -2.43. The molecule has 1 aliphatic carbocycles. The van der Waals surface area contributed by atoms with Crippen LogP contribution in [0, 0.1) is 5.92 Å². The van der Waals surface area contributed by atoms with Gasteiger partial charge in [-0.05, 0) is 43.7 Å². The number of benzene rings is 1. The fourth-order valence-electron chi connectivity index (χ4n) is 4.36. The first-order chi connectivity index (χ1) is 13.9. The molecule has 158 valence electrons. The van der Waals surface area contributed by atoms with E-state index >= 15 is 0 Å². The van der Waals surface area contributed by atoms with Gasteiger partial charge in [0, 0.05) is 25.2 Å². The maximum absolute atomic E-state index is 12.7. The van der Waals surface area contributed by atoms with Gasteiger partial charge in [0.25, 0.3) is 0 Å². The molecule has 29 heavy (non-hydrogen) atoms. The van der Waals surface area contributed by atoms with Crippen LogP contribution in [-0.4, -0.2) is 42.3 Å². The van der Waals surface area contributed by atoms with E-state index in [0.717, 1.165) is 32.1 Å². The summed E-state index contributed by atoms with van der Waals surface area (Å²) in [6.45, 7) is 3.00. The average Bonchev–Trinajstić information content (AvgIpc) is 3.32. The summed E-state index contributed by atoms with van der Waals surface area (Å²) in [5, 5.41) is 3.03. The van der Waals surface area contributed by atoms with Crippen LogP contribution in [0.2, 0.25) is 0 Å². The third kappa shape index (κ3) is 3.98. The molecule has 0 unspecified atom stereocenters. The van der Waals surface area contributed by atoms with Crippen molar-refractivity contribution in [2.24, 2.45) is 5.92 Å². The Bertz CT molecular complexity index is 1070. The van der Waals surface area contributed by atoms with Crippen molar-refractivity contribution in [3.63, 3.8) is 0 Å².